The van der Waals surface area contributed by atoms with E-state index in [1.807, 2.05) is 19.2 Å². The minimum Gasteiger partial charge on any atom is -0.497 e. The second-order valence-electron chi connectivity index (χ2n) is 3.60. The van der Waals surface area contributed by atoms with Crippen LogP contribution in [0.4, 0.5) is 0 Å². The number of carbonyl (C=O) groups is 1. The molecule has 0 radical (unpaired) electrons. The summed E-state index contributed by atoms with van der Waals surface area (Å²) in [7, 11) is 3.43. The van der Waals surface area contributed by atoms with Gasteiger partial charge in [-0.25, -0.2) is 4.79 Å². The fourth-order valence-electron chi connectivity index (χ4n) is 1.47. The summed E-state index contributed by atoms with van der Waals surface area (Å²) >= 11 is 0. The van der Waals surface area contributed by atoms with Gasteiger partial charge >= 0.3 is 5.97 Å². The second kappa shape index (κ2) is 7.55. The molecule has 0 aliphatic rings. The van der Waals surface area contributed by atoms with Crippen LogP contribution in [0.5, 0.6) is 11.5 Å². The summed E-state index contributed by atoms with van der Waals surface area (Å²) in [6, 6.07) is 5.51. The van der Waals surface area contributed by atoms with E-state index in [-0.39, 0.29) is 12.6 Å². The van der Waals surface area contributed by atoms with Gasteiger partial charge in [0.25, 0.3) is 0 Å². The Kier molecular flexibility index (Phi) is 6.00. The number of hydrogen-bond donors (Lipinski definition) is 1. The predicted octanol–water partition coefficient (Wildman–Crippen LogP) is 1.36. The molecule has 18 heavy (non-hydrogen) atoms. The van der Waals surface area contributed by atoms with Crippen molar-refractivity contribution in [1.82, 2.24) is 5.32 Å². The zero-order valence-electron chi connectivity index (χ0n) is 11.0. The molecule has 0 aromatic heterocycles. The summed E-state index contributed by atoms with van der Waals surface area (Å²) in [5.41, 5.74) is 0.961. The standard InChI is InChI=1S/C13H19NO4/c1-4-17-13(15)9-18-12-7-11(16-3)6-5-10(12)8-14-2/h5-7,14H,4,8-9H2,1-3H3. The molecular formula is C13H19NO4. The third-order valence-electron chi connectivity index (χ3n) is 2.29. The molecule has 0 saturated heterocycles. The van der Waals surface area contributed by atoms with Crippen LogP contribution in [0.25, 0.3) is 0 Å². The van der Waals surface area contributed by atoms with Gasteiger partial charge < -0.3 is 19.5 Å². The molecule has 0 heterocycles. The minimum absolute atomic E-state index is 0.0995. The lowest BCUT2D eigenvalue weighted by atomic mass is 10.2. The highest BCUT2D eigenvalue weighted by Crippen LogP contribution is 2.24. The van der Waals surface area contributed by atoms with Crippen LogP contribution in [0.3, 0.4) is 0 Å². The maximum absolute atomic E-state index is 11.2. The maximum Gasteiger partial charge on any atom is 0.344 e. The average molecular weight is 253 g/mol. The molecule has 1 N–H and O–H groups in total. The first-order valence-electron chi connectivity index (χ1n) is 5.81. The van der Waals surface area contributed by atoms with Crippen molar-refractivity contribution in [1.29, 1.82) is 0 Å². The molecule has 0 spiro atoms. The van der Waals surface area contributed by atoms with Crippen molar-refractivity contribution in [2.24, 2.45) is 0 Å². The topological polar surface area (TPSA) is 56.8 Å². The number of hydrogen-bond acceptors (Lipinski definition) is 5. The van der Waals surface area contributed by atoms with Gasteiger partial charge in [-0.2, -0.15) is 0 Å². The Morgan fingerprint density at radius 1 is 1.39 bits per heavy atom. The number of methoxy groups -OCH3 is 1. The first-order chi connectivity index (χ1) is 8.71. The van der Waals surface area contributed by atoms with Crippen molar-refractivity contribution in [3.8, 4) is 11.5 Å². The highest BCUT2D eigenvalue weighted by atomic mass is 16.6. The van der Waals surface area contributed by atoms with E-state index in [1.165, 1.54) is 0 Å². The Balaban J connectivity index is 2.73. The molecule has 0 aliphatic carbocycles. The second-order valence-corrected chi connectivity index (χ2v) is 3.60. The third-order valence-corrected chi connectivity index (χ3v) is 2.29. The van der Waals surface area contributed by atoms with E-state index in [0.717, 1.165) is 5.56 Å². The Morgan fingerprint density at radius 3 is 2.78 bits per heavy atom. The Hall–Kier alpha value is -1.75. The first kappa shape index (κ1) is 14.3. The van der Waals surface area contributed by atoms with Gasteiger partial charge in [0.05, 0.1) is 13.7 Å². The van der Waals surface area contributed by atoms with Crippen LogP contribution in [0, 0.1) is 0 Å². The van der Waals surface area contributed by atoms with E-state index < -0.39 is 0 Å². The Morgan fingerprint density at radius 2 is 2.17 bits per heavy atom. The van der Waals surface area contributed by atoms with Crippen LogP contribution in [0.15, 0.2) is 18.2 Å². The molecule has 0 amide bonds. The zero-order valence-corrected chi connectivity index (χ0v) is 11.0. The lowest BCUT2D eigenvalue weighted by Crippen LogP contribution is -2.16. The quantitative estimate of drug-likeness (QED) is 0.743. The van der Waals surface area contributed by atoms with Crippen molar-refractivity contribution in [3.63, 3.8) is 0 Å². The van der Waals surface area contributed by atoms with Gasteiger partial charge in [0.1, 0.15) is 11.5 Å². The summed E-state index contributed by atoms with van der Waals surface area (Å²) in [6.07, 6.45) is 0. The van der Waals surface area contributed by atoms with E-state index in [9.17, 15) is 4.79 Å². The van der Waals surface area contributed by atoms with Gasteiger partial charge in [0.2, 0.25) is 0 Å². The van der Waals surface area contributed by atoms with Gasteiger partial charge in [-0.3, -0.25) is 0 Å². The Bertz CT molecular complexity index is 393. The third kappa shape index (κ3) is 4.25. The molecule has 0 bridgehead atoms. The molecule has 0 saturated carbocycles. The number of ether oxygens (including phenoxy) is 3. The summed E-state index contributed by atoms with van der Waals surface area (Å²) in [4.78, 5) is 11.2. The zero-order chi connectivity index (χ0) is 13.4. The molecule has 0 aliphatic heterocycles. The molecule has 0 fully saturated rings. The monoisotopic (exact) mass is 253 g/mol. The number of rotatable bonds is 7. The summed E-state index contributed by atoms with van der Waals surface area (Å²) in [5, 5.41) is 3.04. The lowest BCUT2D eigenvalue weighted by molar-refractivity contribution is -0.145. The van der Waals surface area contributed by atoms with Crippen LogP contribution in [-0.4, -0.2) is 33.3 Å². The van der Waals surface area contributed by atoms with E-state index >= 15 is 0 Å². The molecule has 5 heteroatoms. The highest BCUT2D eigenvalue weighted by molar-refractivity contribution is 5.71. The van der Waals surface area contributed by atoms with E-state index in [1.54, 1.807) is 20.1 Å². The average Bonchev–Trinajstić information content (AvgIpc) is 2.38. The summed E-state index contributed by atoms with van der Waals surface area (Å²) < 4.78 is 15.4. The number of nitrogens with one attached hydrogen (secondary N) is 1. The van der Waals surface area contributed by atoms with Crippen LogP contribution in [0.2, 0.25) is 0 Å². The molecular weight excluding hydrogens is 234 g/mol. The van der Waals surface area contributed by atoms with Gasteiger partial charge in [-0.15, -0.1) is 0 Å². The number of benzene rings is 1. The molecule has 1 rings (SSSR count). The Labute approximate surface area is 107 Å². The normalized spacial score (nSPS) is 9.94. The summed E-state index contributed by atoms with van der Waals surface area (Å²) in [5.74, 6) is 0.932. The fraction of sp³-hybridized carbons (Fsp3) is 0.462. The smallest absolute Gasteiger partial charge is 0.344 e. The van der Waals surface area contributed by atoms with Gasteiger partial charge in [-0.1, -0.05) is 6.07 Å². The van der Waals surface area contributed by atoms with Gasteiger partial charge in [0, 0.05) is 18.2 Å². The van der Waals surface area contributed by atoms with Crippen LogP contribution >= 0.6 is 0 Å². The van der Waals surface area contributed by atoms with E-state index in [2.05, 4.69) is 5.32 Å². The van der Waals surface area contributed by atoms with Gasteiger partial charge in [0.15, 0.2) is 6.61 Å². The molecule has 100 valence electrons. The molecule has 5 nitrogen and oxygen atoms in total. The SMILES string of the molecule is CCOC(=O)COc1cc(OC)ccc1CNC. The lowest BCUT2D eigenvalue weighted by Gasteiger charge is -2.12. The first-order valence-corrected chi connectivity index (χ1v) is 5.81. The van der Waals surface area contributed by atoms with Crippen LogP contribution in [0.1, 0.15) is 12.5 Å². The highest BCUT2D eigenvalue weighted by Gasteiger charge is 2.08. The molecule has 0 unspecified atom stereocenters. The van der Waals surface area contributed by atoms with E-state index in [0.29, 0.717) is 24.7 Å². The largest absolute Gasteiger partial charge is 0.497 e. The van der Waals surface area contributed by atoms with Gasteiger partial charge in [-0.05, 0) is 20.0 Å². The number of esters is 1. The molecule has 0 atom stereocenters. The molecule has 1 aromatic carbocycles. The van der Waals surface area contributed by atoms with Crippen molar-refractivity contribution in [2.75, 3.05) is 27.4 Å². The summed E-state index contributed by atoms with van der Waals surface area (Å²) in [6.45, 7) is 2.67. The van der Waals surface area contributed by atoms with Crippen LogP contribution < -0.4 is 14.8 Å². The van der Waals surface area contributed by atoms with Crippen LogP contribution in [-0.2, 0) is 16.1 Å². The fourth-order valence-corrected chi connectivity index (χ4v) is 1.47. The van der Waals surface area contributed by atoms with Crippen molar-refractivity contribution >= 4 is 5.97 Å². The minimum atomic E-state index is -0.379. The van der Waals surface area contributed by atoms with Crippen molar-refractivity contribution in [2.45, 2.75) is 13.5 Å². The van der Waals surface area contributed by atoms with E-state index in [4.69, 9.17) is 14.2 Å². The molecule has 1 aromatic rings. The predicted molar refractivity (Wildman–Crippen MR) is 67.9 cm³/mol. The van der Waals surface area contributed by atoms with Crippen molar-refractivity contribution in [3.05, 3.63) is 23.8 Å². The number of carbonyl (C=O) groups excluding carboxylic acids is 1. The maximum atomic E-state index is 11.2. The van der Waals surface area contributed by atoms with Crippen molar-refractivity contribution < 1.29 is 19.0 Å².